The van der Waals surface area contributed by atoms with Crippen molar-refractivity contribution in [2.45, 2.75) is 26.8 Å². The van der Waals surface area contributed by atoms with E-state index in [1.807, 2.05) is 12.3 Å². The van der Waals surface area contributed by atoms with Crippen molar-refractivity contribution in [3.8, 4) is 10.6 Å². The lowest BCUT2D eigenvalue weighted by Gasteiger charge is -2.03. The van der Waals surface area contributed by atoms with Crippen LogP contribution in [-0.4, -0.2) is 4.98 Å². The van der Waals surface area contributed by atoms with Crippen molar-refractivity contribution in [1.82, 2.24) is 4.98 Å². The second-order valence-electron chi connectivity index (χ2n) is 4.18. The zero-order valence-corrected chi connectivity index (χ0v) is 10.6. The summed E-state index contributed by atoms with van der Waals surface area (Å²) in [4.78, 5) is 4.56. The molecule has 2 nitrogen and oxygen atoms in total. The third-order valence-electron chi connectivity index (χ3n) is 2.60. The van der Waals surface area contributed by atoms with Crippen LogP contribution in [0.5, 0.6) is 0 Å². The van der Waals surface area contributed by atoms with Crippen LogP contribution in [0.15, 0.2) is 23.6 Å². The zero-order valence-electron chi connectivity index (χ0n) is 9.82. The average Bonchev–Trinajstić information content (AvgIpc) is 2.66. The minimum Gasteiger partial charge on any atom is -0.323 e. The number of nitrogens with two attached hydrogens (primary N) is 1. The first-order valence-corrected chi connectivity index (χ1v) is 6.24. The number of hydrogen-bond donors (Lipinski definition) is 1. The van der Waals surface area contributed by atoms with E-state index in [0.717, 1.165) is 10.7 Å². The molecule has 2 N–H and O–H groups in total. The number of aryl methyl sites for hydroxylation is 2. The van der Waals surface area contributed by atoms with E-state index in [2.05, 4.69) is 37.0 Å². The van der Waals surface area contributed by atoms with Crippen molar-refractivity contribution < 1.29 is 0 Å². The van der Waals surface area contributed by atoms with Gasteiger partial charge < -0.3 is 5.73 Å². The van der Waals surface area contributed by atoms with Gasteiger partial charge in [0.15, 0.2) is 0 Å². The number of benzene rings is 1. The number of rotatable bonds is 2. The maximum Gasteiger partial charge on any atom is 0.123 e. The van der Waals surface area contributed by atoms with Crippen LogP contribution in [0.2, 0.25) is 0 Å². The summed E-state index contributed by atoms with van der Waals surface area (Å²) in [6.07, 6.45) is 0. The first-order valence-electron chi connectivity index (χ1n) is 5.36. The summed E-state index contributed by atoms with van der Waals surface area (Å²) in [6, 6.07) is 6.45. The smallest absolute Gasteiger partial charge is 0.123 e. The molecule has 1 aromatic carbocycles. The van der Waals surface area contributed by atoms with Gasteiger partial charge in [-0.25, -0.2) is 4.98 Å². The first kappa shape index (κ1) is 11.3. The van der Waals surface area contributed by atoms with Crippen molar-refractivity contribution >= 4 is 11.3 Å². The van der Waals surface area contributed by atoms with E-state index in [1.165, 1.54) is 16.7 Å². The summed E-state index contributed by atoms with van der Waals surface area (Å²) in [5, 5.41) is 3.10. The molecule has 0 fully saturated rings. The van der Waals surface area contributed by atoms with E-state index in [4.69, 9.17) is 5.73 Å². The van der Waals surface area contributed by atoms with Crippen molar-refractivity contribution in [1.29, 1.82) is 0 Å². The Kier molecular flexibility index (Phi) is 3.08. The van der Waals surface area contributed by atoms with Crippen molar-refractivity contribution in [2.24, 2.45) is 5.73 Å². The molecule has 2 aromatic rings. The third-order valence-corrected chi connectivity index (χ3v) is 3.49. The van der Waals surface area contributed by atoms with Gasteiger partial charge in [0.1, 0.15) is 5.01 Å². The van der Waals surface area contributed by atoms with E-state index < -0.39 is 0 Å². The van der Waals surface area contributed by atoms with Crippen LogP contribution in [0.4, 0.5) is 0 Å². The van der Waals surface area contributed by atoms with Crippen molar-refractivity contribution in [3.05, 3.63) is 40.4 Å². The number of aromatic nitrogens is 1. The highest BCUT2D eigenvalue weighted by atomic mass is 32.1. The molecule has 1 atom stereocenters. The molecule has 0 amide bonds. The van der Waals surface area contributed by atoms with E-state index in [1.54, 1.807) is 11.3 Å². The molecule has 0 saturated heterocycles. The molecule has 3 heteroatoms. The number of thiazole rings is 1. The summed E-state index contributed by atoms with van der Waals surface area (Å²) in [5.74, 6) is 0. The molecule has 1 aromatic heterocycles. The molecule has 0 aliphatic rings. The molecule has 0 aliphatic heterocycles. The van der Waals surface area contributed by atoms with Crippen LogP contribution >= 0.6 is 11.3 Å². The summed E-state index contributed by atoms with van der Waals surface area (Å²) >= 11 is 1.66. The van der Waals surface area contributed by atoms with Gasteiger partial charge in [-0.05, 0) is 26.3 Å². The fraction of sp³-hybridized carbons (Fsp3) is 0.308. The van der Waals surface area contributed by atoms with Gasteiger partial charge in [-0.1, -0.05) is 23.8 Å². The molecule has 0 bridgehead atoms. The van der Waals surface area contributed by atoms with E-state index in [-0.39, 0.29) is 6.04 Å². The van der Waals surface area contributed by atoms with E-state index in [0.29, 0.717) is 0 Å². The molecule has 2 rings (SSSR count). The van der Waals surface area contributed by atoms with Crippen molar-refractivity contribution in [3.63, 3.8) is 0 Å². The van der Waals surface area contributed by atoms with Gasteiger partial charge in [0.25, 0.3) is 0 Å². The summed E-state index contributed by atoms with van der Waals surface area (Å²) < 4.78 is 0. The Morgan fingerprint density at radius 2 is 2.06 bits per heavy atom. The van der Waals surface area contributed by atoms with Gasteiger partial charge in [0.05, 0.1) is 5.69 Å². The maximum absolute atomic E-state index is 5.81. The lowest BCUT2D eigenvalue weighted by molar-refractivity contribution is 0.790. The first-order chi connectivity index (χ1) is 7.58. The van der Waals surface area contributed by atoms with Gasteiger partial charge in [-0.2, -0.15) is 0 Å². The normalized spacial score (nSPS) is 12.8. The number of hydrogen-bond acceptors (Lipinski definition) is 3. The summed E-state index contributed by atoms with van der Waals surface area (Å²) in [7, 11) is 0. The van der Waals surface area contributed by atoms with Gasteiger partial charge >= 0.3 is 0 Å². The van der Waals surface area contributed by atoms with Crippen LogP contribution in [0, 0.1) is 13.8 Å². The van der Waals surface area contributed by atoms with Gasteiger partial charge in [0.2, 0.25) is 0 Å². The lowest BCUT2D eigenvalue weighted by Crippen LogP contribution is -2.04. The molecule has 84 valence electrons. The Morgan fingerprint density at radius 3 is 2.62 bits per heavy atom. The quantitative estimate of drug-likeness (QED) is 0.861. The SMILES string of the molecule is Cc1ccc(-c2nc(C(C)N)cs2)c(C)c1. The Labute approximate surface area is 100 Å². The lowest BCUT2D eigenvalue weighted by atomic mass is 10.1. The Morgan fingerprint density at radius 1 is 1.31 bits per heavy atom. The molecular formula is C13H16N2S. The minimum atomic E-state index is 0.00996. The molecule has 0 aliphatic carbocycles. The van der Waals surface area contributed by atoms with Crippen LogP contribution in [0.25, 0.3) is 10.6 Å². The standard InChI is InChI=1S/C13H16N2S/c1-8-4-5-11(9(2)6-8)13-15-12(7-16-13)10(3)14/h4-7,10H,14H2,1-3H3. The summed E-state index contributed by atoms with van der Waals surface area (Å²) in [5.41, 5.74) is 10.5. The van der Waals surface area contributed by atoms with Crippen LogP contribution in [-0.2, 0) is 0 Å². The van der Waals surface area contributed by atoms with Crippen LogP contribution in [0.1, 0.15) is 29.8 Å². The Hall–Kier alpha value is -1.19. The molecular weight excluding hydrogens is 216 g/mol. The zero-order chi connectivity index (χ0) is 11.7. The minimum absolute atomic E-state index is 0.00996. The number of nitrogens with zero attached hydrogens (tertiary/aromatic N) is 1. The maximum atomic E-state index is 5.81. The molecule has 1 unspecified atom stereocenters. The molecule has 16 heavy (non-hydrogen) atoms. The van der Waals surface area contributed by atoms with Gasteiger partial charge in [-0.3, -0.25) is 0 Å². The molecule has 1 heterocycles. The fourth-order valence-corrected chi connectivity index (χ4v) is 2.69. The van der Waals surface area contributed by atoms with Crippen molar-refractivity contribution in [2.75, 3.05) is 0 Å². The average molecular weight is 232 g/mol. The van der Waals surface area contributed by atoms with Gasteiger partial charge in [-0.15, -0.1) is 11.3 Å². The topological polar surface area (TPSA) is 38.9 Å². The highest BCUT2D eigenvalue weighted by Crippen LogP contribution is 2.28. The molecule has 0 spiro atoms. The largest absolute Gasteiger partial charge is 0.323 e. The molecule has 0 radical (unpaired) electrons. The Bertz CT molecular complexity index is 500. The second-order valence-corrected chi connectivity index (χ2v) is 5.04. The van der Waals surface area contributed by atoms with Gasteiger partial charge in [0, 0.05) is 17.0 Å². The third kappa shape index (κ3) is 2.15. The van der Waals surface area contributed by atoms with E-state index in [9.17, 15) is 0 Å². The Balaban J connectivity index is 2.42. The predicted octanol–water partition coefficient (Wildman–Crippen LogP) is 3.45. The van der Waals surface area contributed by atoms with Crippen LogP contribution < -0.4 is 5.73 Å². The van der Waals surface area contributed by atoms with E-state index >= 15 is 0 Å². The fourth-order valence-electron chi connectivity index (χ4n) is 1.67. The highest BCUT2D eigenvalue weighted by Gasteiger charge is 2.09. The summed E-state index contributed by atoms with van der Waals surface area (Å²) in [6.45, 7) is 6.18. The predicted molar refractivity (Wildman–Crippen MR) is 69.6 cm³/mol. The highest BCUT2D eigenvalue weighted by molar-refractivity contribution is 7.13. The molecule has 0 saturated carbocycles. The second kappa shape index (κ2) is 4.36. The van der Waals surface area contributed by atoms with Crippen LogP contribution in [0.3, 0.4) is 0 Å². The monoisotopic (exact) mass is 232 g/mol.